The van der Waals surface area contributed by atoms with Crippen molar-refractivity contribution in [3.63, 3.8) is 0 Å². The molecule has 0 aliphatic carbocycles. The molecule has 0 unspecified atom stereocenters. The number of carbonyl (C=O) groups is 2. The number of carbonyl (C=O) groups excluding carboxylic acids is 2. The molecule has 27 heavy (non-hydrogen) atoms. The average Bonchev–Trinajstić information content (AvgIpc) is 2.90. The van der Waals surface area contributed by atoms with Gasteiger partial charge >= 0.3 is 0 Å². The summed E-state index contributed by atoms with van der Waals surface area (Å²) in [6, 6.07) is 16.9. The highest BCUT2D eigenvalue weighted by Crippen LogP contribution is 2.35. The Morgan fingerprint density at radius 3 is 2.30 bits per heavy atom. The van der Waals surface area contributed by atoms with Gasteiger partial charge in [0, 0.05) is 10.7 Å². The van der Waals surface area contributed by atoms with Crippen LogP contribution in [-0.2, 0) is 0 Å². The van der Waals surface area contributed by atoms with E-state index < -0.39 is 5.91 Å². The van der Waals surface area contributed by atoms with E-state index in [0.29, 0.717) is 44.6 Å². The van der Waals surface area contributed by atoms with Crippen molar-refractivity contribution < 1.29 is 14.3 Å². The predicted octanol–water partition coefficient (Wildman–Crippen LogP) is 4.82. The SMILES string of the molecule is Cc1c(Cl)cccc1N1C(=O)c2ccc(Oc3ccc(N)cc3)cc2C1=O. The van der Waals surface area contributed by atoms with Gasteiger partial charge in [-0.25, -0.2) is 4.90 Å². The maximum atomic E-state index is 12.9. The van der Waals surface area contributed by atoms with Crippen LogP contribution in [0.2, 0.25) is 5.02 Å². The summed E-state index contributed by atoms with van der Waals surface area (Å²) in [6.07, 6.45) is 0. The van der Waals surface area contributed by atoms with E-state index in [2.05, 4.69) is 0 Å². The van der Waals surface area contributed by atoms with Crippen LogP contribution in [0.3, 0.4) is 0 Å². The monoisotopic (exact) mass is 378 g/mol. The first-order chi connectivity index (χ1) is 13.0. The highest BCUT2D eigenvalue weighted by atomic mass is 35.5. The number of nitrogens with two attached hydrogens (primary N) is 1. The predicted molar refractivity (Wildman–Crippen MR) is 105 cm³/mol. The fraction of sp³-hybridized carbons (Fsp3) is 0.0476. The number of rotatable bonds is 3. The molecule has 2 amide bonds. The van der Waals surface area contributed by atoms with Gasteiger partial charge in [0.05, 0.1) is 16.8 Å². The third-order valence-electron chi connectivity index (χ3n) is 4.45. The number of halogens is 1. The van der Waals surface area contributed by atoms with Crippen LogP contribution in [0.4, 0.5) is 11.4 Å². The summed E-state index contributed by atoms with van der Waals surface area (Å²) < 4.78 is 5.77. The van der Waals surface area contributed by atoms with E-state index in [1.165, 1.54) is 0 Å². The summed E-state index contributed by atoms with van der Waals surface area (Å²) in [5.41, 5.74) is 8.09. The highest BCUT2D eigenvalue weighted by Gasteiger charge is 2.37. The van der Waals surface area contributed by atoms with Gasteiger partial charge in [-0.05, 0) is 67.1 Å². The summed E-state index contributed by atoms with van der Waals surface area (Å²) in [6.45, 7) is 1.77. The molecule has 6 heteroatoms. The average molecular weight is 379 g/mol. The molecule has 5 nitrogen and oxygen atoms in total. The standard InChI is InChI=1S/C21H15ClN2O3/c1-12-18(22)3-2-4-19(12)24-20(25)16-10-9-15(11-17(16)21(24)26)27-14-7-5-13(23)6-8-14/h2-11H,23H2,1H3. The third-order valence-corrected chi connectivity index (χ3v) is 4.86. The van der Waals surface area contributed by atoms with Gasteiger partial charge in [-0.15, -0.1) is 0 Å². The smallest absolute Gasteiger partial charge is 0.266 e. The molecule has 0 saturated carbocycles. The van der Waals surface area contributed by atoms with Crippen molar-refractivity contribution in [3.05, 3.63) is 82.4 Å². The first-order valence-corrected chi connectivity index (χ1v) is 8.65. The molecular weight excluding hydrogens is 364 g/mol. The first kappa shape index (κ1) is 17.1. The van der Waals surface area contributed by atoms with Crippen LogP contribution in [0.25, 0.3) is 0 Å². The number of nitrogen functional groups attached to an aromatic ring is 1. The molecule has 0 fully saturated rings. The molecule has 0 aromatic heterocycles. The van der Waals surface area contributed by atoms with Crippen molar-refractivity contribution >= 4 is 34.8 Å². The molecule has 1 aliphatic heterocycles. The lowest BCUT2D eigenvalue weighted by molar-refractivity contribution is 0.0926. The molecule has 0 spiro atoms. The summed E-state index contributed by atoms with van der Waals surface area (Å²) in [7, 11) is 0. The Balaban J connectivity index is 1.69. The van der Waals surface area contributed by atoms with E-state index in [4.69, 9.17) is 22.1 Å². The Bertz CT molecular complexity index is 1080. The zero-order valence-corrected chi connectivity index (χ0v) is 15.2. The van der Waals surface area contributed by atoms with E-state index in [0.717, 1.165) is 4.90 Å². The number of fused-ring (bicyclic) bond motifs is 1. The van der Waals surface area contributed by atoms with Crippen LogP contribution in [0, 0.1) is 6.92 Å². The molecule has 0 atom stereocenters. The molecule has 2 N–H and O–H groups in total. The second kappa shape index (κ2) is 6.45. The van der Waals surface area contributed by atoms with E-state index >= 15 is 0 Å². The zero-order chi connectivity index (χ0) is 19.1. The van der Waals surface area contributed by atoms with Gasteiger partial charge in [0.15, 0.2) is 0 Å². The minimum Gasteiger partial charge on any atom is -0.457 e. The number of hydrogen-bond donors (Lipinski definition) is 1. The lowest BCUT2D eigenvalue weighted by atomic mass is 10.1. The molecule has 0 radical (unpaired) electrons. The second-order valence-electron chi connectivity index (χ2n) is 6.21. The zero-order valence-electron chi connectivity index (χ0n) is 14.4. The molecule has 4 rings (SSSR count). The maximum absolute atomic E-state index is 12.9. The third kappa shape index (κ3) is 2.92. The van der Waals surface area contributed by atoms with Gasteiger partial charge in [0.1, 0.15) is 11.5 Å². The van der Waals surface area contributed by atoms with E-state index in [1.807, 2.05) is 0 Å². The Labute approximate surface area is 160 Å². The lowest BCUT2D eigenvalue weighted by Crippen LogP contribution is -2.30. The molecule has 134 valence electrons. The lowest BCUT2D eigenvalue weighted by Gasteiger charge is -2.17. The molecule has 0 saturated heterocycles. The van der Waals surface area contributed by atoms with Crippen molar-refractivity contribution in [2.45, 2.75) is 6.92 Å². The molecule has 1 heterocycles. The van der Waals surface area contributed by atoms with Crippen LogP contribution in [-0.4, -0.2) is 11.8 Å². The van der Waals surface area contributed by atoms with Crippen molar-refractivity contribution in [3.8, 4) is 11.5 Å². The molecule has 1 aliphatic rings. The van der Waals surface area contributed by atoms with Gasteiger partial charge in [0.25, 0.3) is 11.8 Å². The molecule has 3 aromatic carbocycles. The van der Waals surface area contributed by atoms with Gasteiger partial charge in [0.2, 0.25) is 0 Å². The molecular formula is C21H15ClN2O3. The molecule has 3 aromatic rings. The number of amides is 2. The first-order valence-electron chi connectivity index (χ1n) is 8.27. The summed E-state index contributed by atoms with van der Waals surface area (Å²) in [4.78, 5) is 26.8. The van der Waals surface area contributed by atoms with Gasteiger partial charge < -0.3 is 10.5 Å². The highest BCUT2D eigenvalue weighted by molar-refractivity contribution is 6.36. The number of anilines is 2. The van der Waals surface area contributed by atoms with Crippen LogP contribution in [0.1, 0.15) is 26.3 Å². The van der Waals surface area contributed by atoms with Crippen molar-refractivity contribution in [2.24, 2.45) is 0 Å². The van der Waals surface area contributed by atoms with Gasteiger partial charge in [-0.3, -0.25) is 9.59 Å². The summed E-state index contributed by atoms with van der Waals surface area (Å²) in [5, 5.41) is 0.497. The van der Waals surface area contributed by atoms with Crippen molar-refractivity contribution in [1.82, 2.24) is 0 Å². The fourth-order valence-electron chi connectivity index (χ4n) is 3.01. The number of ether oxygens (including phenoxy) is 1. The van der Waals surface area contributed by atoms with E-state index in [9.17, 15) is 9.59 Å². The fourth-order valence-corrected chi connectivity index (χ4v) is 3.18. The summed E-state index contributed by atoms with van der Waals surface area (Å²) >= 11 is 6.15. The Kier molecular flexibility index (Phi) is 4.09. The summed E-state index contributed by atoms with van der Waals surface area (Å²) in [5.74, 6) is 0.273. The van der Waals surface area contributed by atoms with E-state index in [-0.39, 0.29) is 5.91 Å². The number of benzene rings is 3. The number of hydrogen-bond acceptors (Lipinski definition) is 4. The van der Waals surface area contributed by atoms with Crippen molar-refractivity contribution in [2.75, 3.05) is 10.6 Å². The Morgan fingerprint density at radius 1 is 0.889 bits per heavy atom. The minimum atomic E-state index is -0.400. The Morgan fingerprint density at radius 2 is 1.56 bits per heavy atom. The van der Waals surface area contributed by atoms with Crippen LogP contribution in [0.15, 0.2) is 60.7 Å². The maximum Gasteiger partial charge on any atom is 0.266 e. The van der Waals surface area contributed by atoms with Crippen LogP contribution in [0.5, 0.6) is 11.5 Å². The van der Waals surface area contributed by atoms with Crippen molar-refractivity contribution in [1.29, 1.82) is 0 Å². The number of nitrogens with zero attached hydrogens (tertiary/aromatic N) is 1. The van der Waals surface area contributed by atoms with Gasteiger partial charge in [-0.2, -0.15) is 0 Å². The molecule has 0 bridgehead atoms. The number of imide groups is 1. The van der Waals surface area contributed by atoms with E-state index in [1.54, 1.807) is 67.6 Å². The minimum absolute atomic E-state index is 0.298. The normalized spacial score (nSPS) is 13.0. The Hall–Kier alpha value is -3.31. The van der Waals surface area contributed by atoms with Crippen LogP contribution < -0.4 is 15.4 Å². The van der Waals surface area contributed by atoms with Crippen LogP contribution >= 0.6 is 11.6 Å². The topological polar surface area (TPSA) is 72.6 Å². The largest absolute Gasteiger partial charge is 0.457 e. The van der Waals surface area contributed by atoms with Gasteiger partial charge in [-0.1, -0.05) is 17.7 Å². The second-order valence-corrected chi connectivity index (χ2v) is 6.62. The quantitative estimate of drug-likeness (QED) is 0.523.